The van der Waals surface area contributed by atoms with Gasteiger partial charge in [-0.3, -0.25) is 38.4 Å². The summed E-state index contributed by atoms with van der Waals surface area (Å²) in [6.07, 6.45) is -2.54. The Bertz CT molecular complexity index is 1010. The zero-order valence-electron chi connectivity index (χ0n) is 28.2. The molecule has 1 unspecified atom stereocenters. The number of carboxylic acid groups (broad SMARTS) is 9. The van der Waals surface area contributed by atoms with Gasteiger partial charge in [-0.15, -0.1) is 0 Å². The van der Waals surface area contributed by atoms with E-state index in [4.69, 9.17) is 15.3 Å². The van der Waals surface area contributed by atoms with Crippen LogP contribution in [0.5, 0.6) is 0 Å². The zero-order chi connectivity index (χ0) is 43.5. The van der Waals surface area contributed by atoms with Gasteiger partial charge in [-0.1, -0.05) is 0 Å². The topological polar surface area (TPSA) is 495 Å². The fraction of sp³-hybridized carbons (Fsp3) is 0.360. The molecule has 290 valence electrons. The Hall–Kier alpha value is -5.91. The number of carboxylic acids is 9. The molecule has 0 aliphatic carbocycles. The van der Waals surface area contributed by atoms with Crippen LogP contribution in [0, 0.1) is 0 Å². The van der Waals surface area contributed by atoms with Crippen LogP contribution in [-0.4, -0.2) is 116 Å². The first-order valence-corrected chi connectivity index (χ1v) is 11.7. The first kappa shape index (κ1) is 72.7. The number of aliphatic carboxylic acids is 9. The maximum absolute atomic E-state index is 9.72. The molecule has 0 aromatic rings. The van der Waals surface area contributed by atoms with E-state index < -0.39 is 107 Å². The van der Waals surface area contributed by atoms with Crippen LogP contribution in [0.25, 0.3) is 0 Å². The van der Waals surface area contributed by atoms with E-state index in [0.717, 1.165) is 48.5 Å². The van der Waals surface area contributed by atoms with Crippen molar-refractivity contribution in [3.63, 3.8) is 0 Å². The molecule has 0 fully saturated rings. The largest absolute Gasteiger partial charge is 5.00 e. The van der Waals surface area contributed by atoms with Crippen LogP contribution in [0.15, 0.2) is 0 Å². The molecule has 0 rings (SSSR count). The Morgan fingerprint density at radius 3 is 0.491 bits per heavy atom. The van der Waals surface area contributed by atoms with Crippen molar-refractivity contribution in [3.05, 3.63) is 0 Å². The predicted octanol–water partition coefficient (Wildman–Crippen LogP) is -12.8. The fourth-order valence-corrected chi connectivity index (χ4v) is 0.253. The van der Waals surface area contributed by atoms with E-state index in [1.54, 1.807) is 0 Å². The third-order valence-electron chi connectivity index (χ3n) is 2.67. The molecule has 0 aliphatic rings. The van der Waals surface area contributed by atoms with Crippen molar-refractivity contribution < 1.29 is 166 Å². The second kappa shape index (κ2) is 44.1. The van der Waals surface area contributed by atoms with Gasteiger partial charge >= 0.3 is 50.0 Å². The van der Waals surface area contributed by atoms with E-state index in [2.05, 4.69) is 0 Å². The standard InChI is InChI=1S/C4H6O5.7C3H4O3.V.Zn/c5-2(4(8)9)1-3(6)7;7*1-2(4)3(5)6;;/h2,5H,1H2,(H,6,7)(H,8,9);7*1H3,(H,5,6);;/q;;;;;;;;+5;+2/p-7. The molecule has 0 saturated carbocycles. The second-order valence-corrected chi connectivity index (χ2v) is 7.36. The fourth-order valence-electron chi connectivity index (χ4n) is 0.253. The summed E-state index contributed by atoms with van der Waals surface area (Å²) in [4.78, 5) is 150. The molecule has 0 aromatic heterocycles. The van der Waals surface area contributed by atoms with E-state index >= 15 is 0 Å². The normalized spacial score (nSPS) is 8.08. The average molecular weight is 860 g/mol. The third kappa shape index (κ3) is 99.0. The van der Waals surface area contributed by atoms with Crippen molar-refractivity contribution in [2.45, 2.75) is 61.0 Å². The van der Waals surface area contributed by atoms with Gasteiger partial charge in [-0.25, -0.2) is 4.79 Å². The predicted molar refractivity (Wildman–Crippen MR) is 136 cm³/mol. The van der Waals surface area contributed by atoms with Gasteiger partial charge in [0.1, 0.15) is 41.8 Å². The minimum atomic E-state index is -1.79. The number of aliphatic hydroxyl groups excluding tert-OH is 1. The minimum Gasteiger partial charge on any atom is -0.542 e. The molecule has 0 spiro atoms. The smallest absolute Gasteiger partial charge is 0.542 e. The Morgan fingerprint density at radius 1 is 0.377 bits per heavy atom. The maximum atomic E-state index is 9.72. The Labute approximate surface area is 320 Å². The summed E-state index contributed by atoms with van der Waals surface area (Å²) in [5.74, 6) is -20.8. The number of carbonyl (C=O) groups excluding carboxylic acids is 14. The number of hydrogen-bond donors (Lipinski definition) is 3. The first-order valence-electron chi connectivity index (χ1n) is 11.7. The first-order chi connectivity index (χ1) is 22.5. The number of rotatable bonds is 10. The Balaban J connectivity index is -0.0000000498. The quantitative estimate of drug-likeness (QED) is 0.136. The molecule has 1 atom stereocenters. The maximum Gasteiger partial charge on any atom is 5.00 e. The summed E-state index contributed by atoms with van der Waals surface area (Å²) < 4.78 is 0. The van der Waals surface area contributed by atoms with E-state index in [1.807, 2.05) is 0 Å². The van der Waals surface area contributed by atoms with Gasteiger partial charge in [-0.2, -0.15) is 0 Å². The van der Waals surface area contributed by atoms with E-state index in [0.29, 0.717) is 0 Å². The van der Waals surface area contributed by atoms with E-state index in [1.165, 1.54) is 0 Å². The van der Waals surface area contributed by atoms with Crippen molar-refractivity contribution in [2.24, 2.45) is 0 Å². The summed E-state index contributed by atoms with van der Waals surface area (Å²) in [5, 5.41) is 88.8. The molecule has 28 heteroatoms. The SMILES string of the molecule is CC(=O)C(=O)[O-].CC(=O)C(=O)[O-].CC(=O)C(=O)[O-].CC(=O)C(=O)[O-].CC(=O)C(=O)[O-].CC(=O)C(=O)[O-].CC(=O)C(=O)[O-].O=C(O)CC(O)C(=O)O.[V+5].[Zn+2]. The zero-order valence-corrected chi connectivity index (χ0v) is 32.5. The molecule has 0 saturated heterocycles. The molecule has 0 aliphatic heterocycles. The van der Waals surface area contributed by atoms with Gasteiger partial charge in [0.25, 0.3) is 0 Å². The Kier molecular flexibility index (Phi) is 60.5. The molecule has 53 heavy (non-hydrogen) atoms. The van der Waals surface area contributed by atoms with Crippen LogP contribution >= 0.6 is 0 Å². The van der Waals surface area contributed by atoms with Crippen LogP contribution in [0.3, 0.4) is 0 Å². The second-order valence-electron chi connectivity index (χ2n) is 7.36. The van der Waals surface area contributed by atoms with E-state index in [9.17, 15) is 112 Å². The van der Waals surface area contributed by atoms with Crippen LogP contribution in [0.4, 0.5) is 0 Å². The molecule has 0 amide bonds. The summed E-state index contributed by atoms with van der Waals surface area (Å²) in [7, 11) is 0. The monoisotopic (exact) mass is 858 g/mol. The summed E-state index contributed by atoms with van der Waals surface area (Å²) in [5.41, 5.74) is 0. The molecule has 0 radical (unpaired) electrons. The number of carbonyl (C=O) groups is 16. The van der Waals surface area contributed by atoms with E-state index in [-0.39, 0.29) is 38.0 Å². The van der Waals surface area contributed by atoms with Crippen molar-refractivity contribution in [2.75, 3.05) is 0 Å². The molecule has 3 N–H and O–H groups in total. The summed E-state index contributed by atoms with van der Waals surface area (Å²) in [6.45, 7) is 6.58. The van der Waals surface area contributed by atoms with Crippen LogP contribution in [-0.2, 0) is 115 Å². The van der Waals surface area contributed by atoms with Crippen LogP contribution in [0.1, 0.15) is 54.9 Å². The van der Waals surface area contributed by atoms with Crippen molar-refractivity contribution >= 4 is 94.2 Å². The number of Topliss-reactive ketones (excluding diaryl/α,β-unsaturated/α-hetero) is 7. The van der Waals surface area contributed by atoms with Gasteiger partial charge in [0.2, 0.25) is 0 Å². The van der Waals surface area contributed by atoms with Gasteiger partial charge in [-0.05, 0) is 0 Å². The number of hydrogen-bond acceptors (Lipinski definition) is 24. The van der Waals surface area contributed by atoms with Crippen LogP contribution < -0.4 is 35.7 Å². The Morgan fingerprint density at radius 2 is 0.472 bits per heavy atom. The molecular formula is C25H27O26VZn. The van der Waals surface area contributed by atoms with Gasteiger partial charge < -0.3 is 84.6 Å². The average Bonchev–Trinajstić information content (AvgIpc) is 2.94. The number of aliphatic hydroxyl groups is 1. The van der Waals surface area contributed by atoms with Crippen molar-refractivity contribution in [3.8, 4) is 0 Å². The molecule has 0 bridgehead atoms. The number of ketones is 7. The van der Waals surface area contributed by atoms with Crippen molar-refractivity contribution in [1.29, 1.82) is 0 Å². The third-order valence-corrected chi connectivity index (χ3v) is 2.67. The summed E-state index contributed by atoms with van der Waals surface area (Å²) in [6, 6.07) is 0. The van der Waals surface area contributed by atoms with Gasteiger partial charge in [0.15, 0.2) is 46.6 Å². The molecule has 0 aromatic carbocycles. The molecule has 0 heterocycles. The van der Waals surface area contributed by atoms with Crippen LogP contribution in [0.2, 0.25) is 0 Å². The van der Waals surface area contributed by atoms with Gasteiger partial charge in [0.05, 0.1) is 6.42 Å². The minimum absolute atomic E-state index is 0. The summed E-state index contributed by atoms with van der Waals surface area (Å²) >= 11 is 0. The molecule has 26 nitrogen and oxygen atoms in total. The molecular weight excluding hydrogens is 833 g/mol. The van der Waals surface area contributed by atoms with Gasteiger partial charge in [0, 0.05) is 48.5 Å². The van der Waals surface area contributed by atoms with Crippen molar-refractivity contribution in [1.82, 2.24) is 0 Å².